The highest BCUT2D eigenvalue weighted by molar-refractivity contribution is 5.89. The molecule has 2 atom stereocenters. The van der Waals surface area contributed by atoms with Crippen molar-refractivity contribution in [2.24, 2.45) is 11.7 Å². The summed E-state index contributed by atoms with van der Waals surface area (Å²) in [7, 11) is 0. The molecule has 1 saturated carbocycles. The van der Waals surface area contributed by atoms with E-state index < -0.39 is 0 Å². The van der Waals surface area contributed by atoms with Crippen LogP contribution in [0.4, 0.5) is 0 Å². The largest absolute Gasteiger partial charge is 0.350 e. The van der Waals surface area contributed by atoms with Crippen LogP contribution in [-0.2, 0) is 16.0 Å². The Balaban J connectivity index is 0.00000208. The smallest absolute Gasteiger partial charge is 0.243 e. The molecule has 1 aliphatic carbocycles. The summed E-state index contributed by atoms with van der Waals surface area (Å²) >= 11 is 0. The van der Waals surface area contributed by atoms with Crippen LogP contribution in [-0.4, -0.2) is 41.9 Å². The summed E-state index contributed by atoms with van der Waals surface area (Å²) in [5.74, 6) is 0.523. The fraction of sp³-hybridized carbons (Fsp3) is 0.556. The van der Waals surface area contributed by atoms with Crippen molar-refractivity contribution in [1.82, 2.24) is 10.2 Å². The maximum Gasteiger partial charge on any atom is 0.243 e. The molecule has 2 unspecified atom stereocenters. The molecule has 2 amide bonds. The van der Waals surface area contributed by atoms with Gasteiger partial charge in [-0.1, -0.05) is 30.3 Å². The van der Waals surface area contributed by atoms with Gasteiger partial charge in [0.2, 0.25) is 11.8 Å². The lowest BCUT2D eigenvalue weighted by molar-refractivity contribution is -0.138. The lowest BCUT2D eigenvalue weighted by Gasteiger charge is -2.26. The molecule has 3 N–H and O–H groups in total. The van der Waals surface area contributed by atoms with Crippen molar-refractivity contribution in [3.05, 3.63) is 35.9 Å². The Morgan fingerprint density at radius 3 is 2.54 bits per heavy atom. The monoisotopic (exact) mass is 351 g/mol. The van der Waals surface area contributed by atoms with Crippen LogP contribution in [0, 0.1) is 5.92 Å². The molecule has 3 rings (SSSR count). The molecule has 2 aliphatic rings. The molecule has 0 radical (unpaired) electrons. The number of nitrogens with two attached hydrogens (primary N) is 1. The van der Waals surface area contributed by atoms with Crippen LogP contribution < -0.4 is 11.1 Å². The summed E-state index contributed by atoms with van der Waals surface area (Å²) in [5, 5.41) is 3.06. The molecular weight excluding hydrogens is 326 g/mol. The van der Waals surface area contributed by atoms with E-state index >= 15 is 0 Å². The number of nitrogens with zero attached hydrogens (tertiary/aromatic N) is 1. The van der Waals surface area contributed by atoms with Crippen LogP contribution >= 0.6 is 12.4 Å². The van der Waals surface area contributed by atoms with Crippen molar-refractivity contribution < 1.29 is 9.59 Å². The number of carbonyl (C=O) groups is 2. The topological polar surface area (TPSA) is 75.4 Å². The van der Waals surface area contributed by atoms with Gasteiger partial charge in [-0.3, -0.25) is 9.59 Å². The SMILES string of the molecule is Cl.NCC(NC(=O)C1CCCN1C(=O)Cc1ccccc1)C1CC1. The maximum atomic E-state index is 12.6. The van der Waals surface area contributed by atoms with Gasteiger partial charge in [0.15, 0.2) is 0 Å². The summed E-state index contributed by atoms with van der Waals surface area (Å²) in [4.78, 5) is 26.8. The highest BCUT2D eigenvalue weighted by atomic mass is 35.5. The van der Waals surface area contributed by atoms with Crippen LogP contribution in [0.5, 0.6) is 0 Å². The number of halogens is 1. The van der Waals surface area contributed by atoms with E-state index in [9.17, 15) is 9.59 Å². The number of amides is 2. The average molecular weight is 352 g/mol. The lowest BCUT2D eigenvalue weighted by Crippen LogP contribution is -2.51. The average Bonchev–Trinajstić information content (AvgIpc) is 3.28. The van der Waals surface area contributed by atoms with Gasteiger partial charge in [-0.25, -0.2) is 0 Å². The lowest BCUT2D eigenvalue weighted by atomic mass is 10.1. The van der Waals surface area contributed by atoms with Crippen molar-refractivity contribution in [3.63, 3.8) is 0 Å². The van der Waals surface area contributed by atoms with E-state index in [1.165, 1.54) is 0 Å². The molecule has 2 fully saturated rings. The number of nitrogens with one attached hydrogen (secondary N) is 1. The van der Waals surface area contributed by atoms with Crippen LogP contribution in [0.25, 0.3) is 0 Å². The van der Waals surface area contributed by atoms with E-state index in [2.05, 4.69) is 5.32 Å². The van der Waals surface area contributed by atoms with E-state index in [0.717, 1.165) is 31.2 Å². The minimum Gasteiger partial charge on any atom is -0.350 e. The third-order valence-electron chi connectivity index (χ3n) is 4.85. The molecule has 1 saturated heterocycles. The second-order valence-electron chi connectivity index (χ2n) is 6.60. The third-order valence-corrected chi connectivity index (χ3v) is 4.85. The van der Waals surface area contributed by atoms with Gasteiger partial charge in [-0.05, 0) is 37.2 Å². The first-order valence-electron chi connectivity index (χ1n) is 8.53. The first-order chi connectivity index (χ1) is 11.2. The predicted molar refractivity (Wildman–Crippen MR) is 95.8 cm³/mol. The molecule has 0 aromatic heterocycles. The normalized spacial score (nSPS) is 21.0. The molecule has 5 nitrogen and oxygen atoms in total. The van der Waals surface area contributed by atoms with Gasteiger partial charge in [0, 0.05) is 19.1 Å². The van der Waals surface area contributed by atoms with Gasteiger partial charge in [0.25, 0.3) is 0 Å². The quantitative estimate of drug-likeness (QED) is 0.815. The second kappa shape index (κ2) is 8.49. The molecule has 0 bridgehead atoms. The summed E-state index contributed by atoms with van der Waals surface area (Å²) in [5.41, 5.74) is 6.75. The van der Waals surface area contributed by atoms with Crippen LogP contribution in [0.15, 0.2) is 30.3 Å². The minimum atomic E-state index is -0.334. The fourth-order valence-corrected chi connectivity index (χ4v) is 3.36. The van der Waals surface area contributed by atoms with Crippen molar-refractivity contribution in [1.29, 1.82) is 0 Å². The zero-order valence-corrected chi connectivity index (χ0v) is 14.6. The number of hydrogen-bond donors (Lipinski definition) is 2. The molecule has 1 aromatic carbocycles. The molecule has 24 heavy (non-hydrogen) atoms. The number of rotatable bonds is 6. The van der Waals surface area contributed by atoms with Crippen molar-refractivity contribution in [2.75, 3.05) is 13.1 Å². The highest BCUT2D eigenvalue weighted by Gasteiger charge is 2.37. The van der Waals surface area contributed by atoms with E-state index in [0.29, 0.717) is 25.4 Å². The van der Waals surface area contributed by atoms with Gasteiger partial charge >= 0.3 is 0 Å². The van der Waals surface area contributed by atoms with Gasteiger partial charge in [0.05, 0.1) is 6.42 Å². The second-order valence-corrected chi connectivity index (χ2v) is 6.60. The molecular formula is C18H26ClN3O2. The van der Waals surface area contributed by atoms with E-state index in [4.69, 9.17) is 5.73 Å². The van der Waals surface area contributed by atoms with Gasteiger partial charge in [0.1, 0.15) is 6.04 Å². The fourth-order valence-electron chi connectivity index (χ4n) is 3.36. The summed E-state index contributed by atoms with van der Waals surface area (Å²) in [6.45, 7) is 1.14. The van der Waals surface area contributed by atoms with Crippen molar-refractivity contribution in [3.8, 4) is 0 Å². The molecule has 132 valence electrons. The number of carbonyl (C=O) groups excluding carboxylic acids is 2. The Kier molecular flexibility index (Phi) is 6.63. The number of benzene rings is 1. The number of hydrogen-bond acceptors (Lipinski definition) is 3. The van der Waals surface area contributed by atoms with Crippen molar-refractivity contribution in [2.45, 2.75) is 44.2 Å². The van der Waals surface area contributed by atoms with E-state index in [-0.39, 0.29) is 36.3 Å². The summed E-state index contributed by atoms with van der Waals surface area (Å²) < 4.78 is 0. The molecule has 1 heterocycles. The van der Waals surface area contributed by atoms with E-state index in [1.54, 1.807) is 4.90 Å². The third kappa shape index (κ3) is 4.48. The van der Waals surface area contributed by atoms with Gasteiger partial charge < -0.3 is 16.0 Å². The summed E-state index contributed by atoms with van der Waals surface area (Å²) in [6, 6.07) is 9.41. The Morgan fingerprint density at radius 1 is 1.21 bits per heavy atom. The molecule has 1 aromatic rings. The Hall–Kier alpha value is -1.59. The minimum absolute atomic E-state index is 0. The summed E-state index contributed by atoms with van der Waals surface area (Å²) in [6.07, 6.45) is 4.27. The molecule has 6 heteroatoms. The highest BCUT2D eigenvalue weighted by Crippen LogP contribution is 2.32. The van der Waals surface area contributed by atoms with Crippen LogP contribution in [0.2, 0.25) is 0 Å². The first kappa shape index (κ1) is 18.7. The Labute approximate surface area is 149 Å². The van der Waals surface area contributed by atoms with E-state index in [1.807, 2.05) is 30.3 Å². The Bertz CT molecular complexity index is 563. The zero-order valence-electron chi connectivity index (χ0n) is 13.8. The first-order valence-corrected chi connectivity index (χ1v) is 8.53. The van der Waals surface area contributed by atoms with Gasteiger partial charge in [-0.15, -0.1) is 12.4 Å². The predicted octanol–water partition coefficient (Wildman–Crippen LogP) is 1.50. The number of likely N-dealkylation sites (tertiary alicyclic amines) is 1. The zero-order chi connectivity index (χ0) is 16.2. The van der Waals surface area contributed by atoms with Crippen LogP contribution in [0.3, 0.4) is 0 Å². The standard InChI is InChI=1S/C18H25N3O2.ClH/c19-12-15(14-8-9-14)20-18(23)16-7-4-10-21(16)17(22)11-13-5-2-1-3-6-13;/h1-3,5-6,14-16H,4,7-12,19H2,(H,20,23);1H. The van der Waals surface area contributed by atoms with Crippen LogP contribution in [0.1, 0.15) is 31.2 Å². The maximum absolute atomic E-state index is 12.6. The Morgan fingerprint density at radius 2 is 1.92 bits per heavy atom. The van der Waals surface area contributed by atoms with Gasteiger partial charge in [-0.2, -0.15) is 0 Å². The molecule has 1 aliphatic heterocycles. The van der Waals surface area contributed by atoms with Crippen molar-refractivity contribution >= 4 is 24.2 Å². The molecule has 0 spiro atoms.